The molecule has 0 spiro atoms. The van der Waals surface area contributed by atoms with Gasteiger partial charge in [-0.25, -0.2) is 9.18 Å². The first-order valence-corrected chi connectivity index (χ1v) is 7.11. The lowest BCUT2D eigenvalue weighted by atomic mass is 10.1. The molecule has 7 heteroatoms. The summed E-state index contributed by atoms with van der Waals surface area (Å²) in [5, 5.41) is 5.05. The van der Waals surface area contributed by atoms with Crippen LogP contribution in [0.4, 0.5) is 14.9 Å². The van der Waals surface area contributed by atoms with E-state index in [9.17, 15) is 14.0 Å². The zero-order valence-corrected chi connectivity index (χ0v) is 12.7. The van der Waals surface area contributed by atoms with Gasteiger partial charge in [0.2, 0.25) is 0 Å². The van der Waals surface area contributed by atoms with Gasteiger partial charge in [0.1, 0.15) is 5.82 Å². The Morgan fingerprint density at radius 2 is 2.23 bits per heavy atom. The van der Waals surface area contributed by atoms with Crippen molar-refractivity contribution in [1.29, 1.82) is 0 Å². The van der Waals surface area contributed by atoms with Crippen LogP contribution >= 0.6 is 0 Å². The van der Waals surface area contributed by atoms with Crippen LogP contribution in [0.25, 0.3) is 0 Å². The highest BCUT2D eigenvalue weighted by atomic mass is 19.1. The first-order chi connectivity index (χ1) is 10.5. The molecule has 1 aromatic rings. The first kappa shape index (κ1) is 16.2. The minimum Gasteiger partial charge on any atom is -0.384 e. The van der Waals surface area contributed by atoms with Gasteiger partial charge >= 0.3 is 6.03 Å². The van der Waals surface area contributed by atoms with E-state index in [1.165, 1.54) is 19.2 Å². The molecule has 3 amide bonds. The van der Waals surface area contributed by atoms with E-state index in [0.29, 0.717) is 31.3 Å². The number of benzene rings is 1. The van der Waals surface area contributed by atoms with Gasteiger partial charge in [0, 0.05) is 38.9 Å². The smallest absolute Gasteiger partial charge is 0.321 e. The van der Waals surface area contributed by atoms with Gasteiger partial charge in [0.25, 0.3) is 5.91 Å². The summed E-state index contributed by atoms with van der Waals surface area (Å²) < 4.78 is 18.7. The summed E-state index contributed by atoms with van der Waals surface area (Å²) in [5.41, 5.74) is 0.291. The fourth-order valence-corrected chi connectivity index (χ4v) is 2.50. The maximum atomic E-state index is 13.6. The predicted molar refractivity (Wildman–Crippen MR) is 80.4 cm³/mol. The molecule has 120 valence electrons. The van der Waals surface area contributed by atoms with Crippen LogP contribution in [0.1, 0.15) is 16.8 Å². The standard InChI is InChI=1S/C15H20FN3O3/c1-17-14(20)12-7-11(3-4-13(12)16)18-15(21)19-6-5-10(8-19)9-22-2/h3-4,7,10H,5-6,8-9H2,1-2H3,(H,17,20)(H,18,21)/t10-/m0/s1. The normalized spacial score (nSPS) is 17.4. The molecule has 0 aromatic heterocycles. The number of nitrogens with one attached hydrogen (secondary N) is 2. The third kappa shape index (κ3) is 3.73. The summed E-state index contributed by atoms with van der Waals surface area (Å²) in [6.07, 6.45) is 0.897. The number of ether oxygens (including phenoxy) is 1. The molecule has 1 aromatic carbocycles. The number of anilines is 1. The molecular formula is C15H20FN3O3. The van der Waals surface area contributed by atoms with Gasteiger partial charge in [0.15, 0.2) is 0 Å². The molecular weight excluding hydrogens is 289 g/mol. The van der Waals surface area contributed by atoms with E-state index in [1.54, 1.807) is 12.0 Å². The quantitative estimate of drug-likeness (QED) is 0.889. The highest BCUT2D eigenvalue weighted by Crippen LogP contribution is 2.19. The van der Waals surface area contributed by atoms with Crippen LogP contribution in [0.5, 0.6) is 0 Å². The Balaban J connectivity index is 2.02. The molecule has 1 aliphatic rings. The third-order valence-electron chi connectivity index (χ3n) is 3.66. The summed E-state index contributed by atoms with van der Waals surface area (Å²) in [5.74, 6) is -0.820. The largest absolute Gasteiger partial charge is 0.384 e. The second kappa shape index (κ2) is 7.22. The molecule has 1 saturated heterocycles. The molecule has 1 atom stereocenters. The number of likely N-dealkylation sites (tertiary alicyclic amines) is 1. The minimum absolute atomic E-state index is 0.0982. The van der Waals surface area contributed by atoms with Gasteiger partial charge < -0.3 is 20.3 Å². The Kier molecular flexibility index (Phi) is 5.32. The van der Waals surface area contributed by atoms with Gasteiger partial charge in [-0.1, -0.05) is 0 Å². The number of carbonyl (C=O) groups is 2. The highest BCUT2D eigenvalue weighted by molar-refractivity contribution is 5.97. The van der Waals surface area contributed by atoms with Crippen molar-refractivity contribution < 1.29 is 18.7 Å². The van der Waals surface area contributed by atoms with Crippen molar-refractivity contribution in [2.75, 3.05) is 39.2 Å². The molecule has 0 aliphatic carbocycles. The molecule has 0 unspecified atom stereocenters. The van der Waals surface area contributed by atoms with Crippen LogP contribution in [-0.2, 0) is 4.74 Å². The molecule has 1 fully saturated rings. The van der Waals surface area contributed by atoms with Crippen LogP contribution in [0.3, 0.4) is 0 Å². The Labute approximate surface area is 128 Å². The van der Waals surface area contributed by atoms with Crippen LogP contribution in [0.2, 0.25) is 0 Å². The summed E-state index contributed by atoms with van der Waals surface area (Å²) in [4.78, 5) is 25.4. The summed E-state index contributed by atoms with van der Waals surface area (Å²) >= 11 is 0. The lowest BCUT2D eigenvalue weighted by Crippen LogP contribution is -2.33. The lowest BCUT2D eigenvalue weighted by Gasteiger charge is -2.17. The van der Waals surface area contributed by atoms with Crippen LogP contribution < -0.4 is 10.6 Å². The predicted octanol–water partition coefficient (Wildman–Crippen LogP) is 1.69. The number of urea groups is 1. The molecule has 0 radical (unpaired) electrons. The molecule has 1 aliphatic heterocycles. The SMILES string of the molecule is CNC(=O)c1cc(NC(=O)N2CC[C@H](COC)C2)ccc1F. The van der Waals surface area contributed by atoms with E-state index in [2.05, 4.69) is 10.6 Å². The van der Waals surface area contributed by atoms with Crippen LogP contribution in [-0.4, -0.2) is 50.7 Å². The van der Waals surface area contributed by atoms with Crippen molar-refractivity contribution in [3.63, 3.8) is 0 Å². The lowest BCUT2D eigenvalue weighted by molar-refractivity contribution is 0.0959. The van der Waals surface area contributed by atoms with Crippen molar-refractivity contribution in [2.24, 2.45) is 5.92 Å². The number of carbonyl (C=O) groups excluding carboxylic acids is 2. The maximum Gasteiger partial charge on any atom is 0.321 e. The minimum atomic E-state index is -0.626. The van der Waals surface area contributed by atoms with E-state index in [0.717, 1.165) is 12.5 Å². The number of amides is 3. The van der Waals surface area contributed by atoms with Crippen molar-refractivity contribution in [1.82, 2.24) is 10.2 Å². The maximum absolute atomic E-state index is 13.6. The Hall–Kier alpha value is -2.15. The van der Waals surface area contributed by atoms with Gasteiger partial charge in [-0.05, 0) is 24.6 Å². The van der Waals surface area contributed by atoms with E-state index < -0.39 is 11.7 Å². The Morgan fingerprint density at radius 3 is 2.91 bits per heavy atom. The fourth-order valence-electron chi connectivity index (χ4n) is 2.50. The average Bonchev–Trinajstić information content (AvgIpc) is 2.97. The fraction of sp³-hybridized carbons (Fsp3) is 0.467. The van der Waals surface area contributed by atoms with E-state index in [-0.39, 0.29) is 11.6 Å². The average molecular weight is 309 g/mol. The number of rotatable bonds is 4. The molecule has 22 heavy (non-hydrogen) atoms. The molecule has 2 rings (SSSR count). The van der Waals surface area contributed by atoms with Gasteiger partial charge in [-0.3, -0.25) is 4.79 Å². The van der Waals surface area contributed by atoms with E-state index in [1.807, 2.05) is 0 Å². The molecule has 1 heterocycles. The van der Waals surface area contributed by atoms with Crippen molar-refractivity contribution in [3.8, 4) is 0 Å². The van der Waals surface area contributed by atoms with Crippen LogP contribution in [0, 0.1) is 11.7 Å². The van der Waals surface area contributed by atoms with Gasteiger partial charge in [-0.15, -0.1) is 0 Å². The Morgan fingerprint density at radius 1 is 1.45 bits per heavy atom. The Bertz CT molecular complexity index is 565. The van der Waals surface area contributed by atoms with E-state index >= 15 is 0 Å². The molecule has 2 N–H and O–H groups in total. The monoisotopic (exact) mass is 309 g/mol. The number of methoxy groups -OCH3 is 1. The number of hydrogen-bond acceptors (Lipinski definition) is 3. The topological polar surface area (TPSA) is 70.7 Å². The molecule has 0 saturated carbocycles. The number of halogens is 1. The summed E-state index contributed by atoms with van der Waals surface area (Å²) in [7, 11) is 3.06. The van der Waals surface area contributed by atoms with Crippen LogP contribution in [0.15, 0.2) is 18.2 Å². The molecule has 6 nitrogen and oxygen atoms in total. The van der Waals surface area contributed by atoms with Crippen molar-refractivity contribution >= 4 is 17.6 Å². The second-order valence-corrected chi connectivity index (χ2v) is 5.26. The summed E-state index contributed by atoms with van der Waals surface area (Å²) in [6, 6.07) is 3.67. The zero-order chi connectivity index (χ0) is 16.1. The van der Waals surface area contributed by atoms with Crippen molar-refractivity contribution in [3.05, 3.63) is 29.6 Å². The first-order valence-electron chi connectivity index (χ1n) is 7.11. The van der Waals surface area contributed by atoms with Crippen molar-refractivity contribution in [2.45, 2.75) is 6.42 Å². The summed E-state index contributed by atoms with van der Waals surface area (Å²) in [6.45, 7) is 1.91. The number of hydrogen-bond donors (Lipinski definition) is 2. The van der Waals surface area contributed by atoms with Gasteiger partial charge in [-0.2, -0.15) is 0 Å². The van der Waals surface area contributed by atoms with Gasteiger partial charge in [0.05, 0.1) is 12.2 Å². The highest BCUT2D eigenvalue weighted by Gasteiger charge is 2.26. The number of nitrogens with zero attached hydrogens (tertiary/aromatic N) is 1. The van der Waals surface area contributed by atoms with E-state index in [4.69, 9.17) is 4.74 Å². The zero-order valence-electron chi connectivity index (χ0n) is 12.7. The third-order valence-corrected chi connectivity index (χ3v) is 3.66. The second-order valence-electron chi connectivity index (χ2n) is 5.26. The molecule has 0 bridgehead atoms.